The molecular weight excluding hydrogens is 516 g/mol. The van der Waals surface area contributed by atoms with Crippen molar-refractivity contribution in [3.05, 3.63) is 93.5 Å². The molecule has 0 aliphatic heterocycles. The molecule has 0 aliphatic rings. The van der Waals surface area contributed by atoms with E-state index in [1.807, 2.05) is 36.4 Å². The van der Waals surface area contributed by atoms with Crippen molar-refractivity contribution >= 4 is 21.9 Å². The van der Waals surface area contributed by atoms with Crippen molar-refractivity contribution < 1.29 is 36.2 Å². The Bertz CT molecular complexity index is 1080. The molecule has 3 nitrogen and oxygen atoms in total. The van der Waals surface area contributed by atoms with Crippen LogP contribution in [0.1, 0.15) is 27.0 Å². The zero-order chi connectivity index (χ0) is 24.8. The molecule has 0 saturated heterocycles. The predicted molar refractivity (Wildman–Crippen MR) is 116 cm³/mol. The van der Waals surface area contributed by atoms with Crippen molar-refractivity contribution in [2.24, 2.45) is 0 Å². The summed E-state index contributed by atoms with van der Waals surface area (Å²) >= 11 is 3.42. The van der Waals surface area contributed by atoms with Crippen molar-refractivity contribution in [1.29, 1.82) is 0 Å². The van der Waals surface area contributed by atoms with E-state index in [0.29, 0.717) is 17.7 Å². The summed E-state index contributed by atoms with van der Waals surface area (Å²) in [5, 5.41) is 11.6. The highest BCUT2D eigenvalue weighted by atomic mass is 79.9. The molecule has 176 valence electrons. The van der Waals surface area contributed by atoms with Crippen molar-refractivity contribution in [1.82, 2.24) is 5.32 Å². The zero-order valence-corrected chi connectivity index (χ0v) is 18.6. The highest BCUT2D eigenvalue weighted by Crippen LogP contribution is 2.36. The monoisotopic (exact) mass is 533 g/mol. The Hall–Kier alpha value is -2.85. The number of carboxylic acid groups (broad SMARTS) is 1. The maximum Gasteiger partial charge on any atom is 0.416 e. The lowest BCUT2D eigenvalue weighted by Crippen LogP contribution is -2.14. The minimum Gasteiger partial charge on any atom is -0.478 e. The number of carboxylic acids is 1. The highest BCUT2D eigenvalue weighted by molar-refractivity contribution is 9.10. The highest BCUT2D eigenvalue weighted by Gasteiger charge is 2.36. The fraction of sp³-hybridized carbons (Fsp3) is 0.174. The van der Waals surface area contributed by atoms with Crippen LogP contribution < -0.4 is 5.32 Å². The number of benzene rings is 3. The molecule has 3 rings (SSSR count). The van der Waals surface area contributed by atoms with E-state index in [1.54, 1.807) is 12.1 Å². The van der Waals surface area contributed by atoms with E-state index >= 15 is 0 Å². The molecule has 0 saturated carbocycles. The lowest BCUT2D eigenvalue weighted by Gasteiger charge is -2.13. The Morgan fingerprint density at radius 1 is 0.848 bits per heavy atom. The molecule has 2 N–H and O–H groups in total. The van der Waals surface area contributed by atoms with Gasteiger partial charge in [0.25, 0.3) is 0 Å². The van der Waals surface area contributed by atoms with Gasteiger partial charge in [-0.1, -0.05) is 52.3 Å². The van der Waals surface area contributed by atoms with Gasteiger partial charge in [0.2, 0.25) is 0 Å². The molecule has 0 fully saturated rings. The topological polar surface area (TPSA) is 49.3 Å². The number of hydrogen-bond acceptors (Lipinski definition) is 2. The number of aromatic carboxylic acids is 1. The van der Waals surface area contributed by atoms with Gasteiger partial charge in [0.15, 0.2) is 0 Å². The van der Waals surface area contributed by atoms with E-state index in [-0.39, 0.29) is 18.2 Å². The van der Waals surface area contributed by atoms with Gasteiger partial charge in [-0.15, -0.1) is 0 Å². The second kappa shape index (κ2) is 10.8. The van der Waals surface area contributed by atoms with E-state index in [2.05, 4.69) is 21.2 Å². The van der Waals surface area contributed by atoms with Crippen LogP contribution in [-0.4, -0.2) is 18.1 Å². The third kappa shape index (κ3) is 7.33. The van der Waals surface area contributed by atoms with Gasteiger partial charge in [-0.25, -0.2) is 4.79 Å². The summed E-state index contributed by atoms with van der Waals surface area (Å²) in [4.78, 5) is 11.1. The smallest absolute Gasteiger partial charge is 0.416 e. The maximum absolute atomic E-state index is 12.4. The molecule has 3 aromatic rings. The predicted octanol–water partition coefficient (Wildman–Crippen LogP) is 7.26. The quantitative estimate of drug-likeness (QED) is 0.347. The van der Waals surface area contributed by atoms with Gasteiger partial charge in [0.1, 0.15) is 0 Å². The fourth-order valence-electron chi connectivity index (χ4n) is 2.91. The van der Waals surface area contributed by atoms with Gasteiger partial charge in [-0.2, -0.15) is 26.3 Å². The van der Waals surface area contributed by atoms with Crippen LogP contribution in [0.4, 0.5) is 26.3 Å². The van der Waals surface area contributed by atoms with Crippen LogP contribution in [0.5, 0.6) is 0 Å². The average molecular weight is 534 g/mol. The van der Waals surface area contributed by atoms with Gasteiger partial charge in [0.05, 0.1) is 16.7 Å². The minimum atomic E-state index is -4.79. The SMILES string of the molecule is CNCc1cc(C(F)(F)F)cc(C(F)(F)F)c1.O=C(O)c1ccccc1-c1ccccc1Br. The Balaban J connectivity index is 0.000000234. The van der Waals surface area contributed by atoms with Gasteiger partial charge in [-0.3, -0.25) is 0 Å². The third-order valence-corrected chi connectivity index (χ3v) is 5.04. The third-order valence-electron chi connectivity index (χ3n) is 4.35. The van der Waals surface area contributed by atoms with Gasteiger partial charge in [-0.05, 0) is 54.1 Å². The standard InChI is InChI=1S/C13H9BrO2.C10H9F6N/c14-12-8-4-3-6-10(12)9-5-1-2-7-11(9)13(15)16;1-17-5-6-2-7(9(11,12)13)4-8(3-6)10(14,15)16/h1-8H,(H,15,16);2-4,17H,5H2,1H3. The Labute approximate surface area is 194 Å². The number of halogens is 7. The van der Waals surface area contributed by atoms with E-state index in [0.717, 1.165) is 15.6 Å². The van der Waals surface area contributed by atoms with E-state index < -0.39 is 29.4 Å². The molecule has 0 atom stereocenters. The Kier molecular flexibility index (Phi) is 8.68. The van der Waals surface area contributed by atoms with Crippen LogP contribution in [-0.2, 0) is 18.9 Å². The lowest BCUT2D eigenvalue weighted by atomic mass is 10.00. The number of alkyl halides is 6. The summed E-state index contributed by atoms with van der Waals surface area (Å²) in [7, 11) is 1.44. The van der Waals surface area contributed by atoms with Crippen LogP contribution in [0, 0.1) is 0 Å². The molecule has 33 heavy (non-hydrogen) atoms. The van der Waals surface area contributed by atoms with E-state index in [9.17, 15) is 31.1 Å². The largest absolute Gasteiger partial charge is 0.478 e. The molecule has 3 aromatic carbocycles. The summed E-state index contributed by atoms with van der Waals surface area (Å²) in [6, 6.07) is 16.1. The first-order valence-electron chi connectivity index (χ1n) is 9.34. The molecule has 0 radical (unpaired) electrons. The number of nitrogens with one attached hydrogen (secondary N) is 1. The first-order chi connectivity index (χ1) is 15.3. The van der Waals surface area contributed by atoms with Gasteiger partial charge < -0.3 is 10.4 Å². The Morgan fingerprint density at radius 3 is 1.79 bits per heavy atom. The van der Waals surface area contributed by atoms with Crippen molar-refractivity contribution in [3.63, 3.8) is 0 Å². The fourth-order valence-corrected chi connectivity index (χ4v) is 3.41. The van der Waals surface area contributed by atoms with Gasteiger partial charge >= 0.3 is 18.3 Å². The lowest BCUT2D eigenvalue weighted by molar-refractivity contribution is -0.143. The van der Waals surface area contributed by atoms with Gasteiger partial charge in [0, 0.05) is 11.0 Å². The summed E-state index contributed by atoms with van der Waals surface area (Å²) in [5.41, 5.74) is -0.720. The molecule has 0 unspecified atom stereocenters. The van der Waals surface area contributed by atoms with Crippen molar-refractivity contribution in [3.8, 4) is 11.1 Å². The summed E-state index contributed by atoms with van der Waals surface area (Å²) in [6.45, 7) is -0.0625. The summed E-state index contributed by atoms with van der Waals surface area (Å²) in [6.07, 6.45) is -9.58. The van der Waals surface area contributed by atoms with E-state index in [4.69, 9.17) is 5.11 Å². The molecular formula is C23H18BrF6NO2. The normalized spacial score (nSPS) is 11.5. The number of hydrogen-bond donors (Lipinski definition) is 2. The molecule has 0 aromatic heterocycles. The average Bonchev–Trinajstić information content (AvgIpc) is 2.73. The zero-order valence-electron chi connectivity index (χ0n) is 17.1. The van der Waals surface area contributed by atoms with Crippen LogP contribution in [0.25, 0.3) is 11.1 Å². The van der Waals surface area contributed by atoms with Crippen LogP contribution in [0.2, 0.25) is 0 Å². The molecule has 0 bridgehead atoms. The molecule has 0 aliphatic carbocycles. The maximum atomic E-state index is 12.4. The number of carbonyl (C=O) groups is 1. The first kappa shape index (κ1) is 26.4. The van der Waals surface area contributed by atoms with Crippen LogP contribution in [0.3, 0.4) is 0 Å². The molecule has 0 spiro atoms. The summed E-state index contributed by atoms with van der Waals surface area (Å²) < 4.78 is 75.2. The first-order valence-corrected chi connectivity index (χ1v) is 10.1. The second-order valence-corrected chi connectivity index (χ2v) is 7.63. The van der Waals surface area contributed by atoms with Crippen molar-refractivity contribution in [2.45, 2.75) is 18.9 Å². The van der Waals surface area contributed by atoms with Crippen molar-refractivity contribution in [2.75, 3.05) is 7.05 Å². The van der Waals surface area contributed by atoms with Crippen LogP contribution >= 0.6 is 15.9 Å². The second-order valence-electron chi connectivity index (χ2n) is 6.78. The molecule has 0 heterocycles. The summed E-state index contributed by atoms with van der Waals surface area (Å²) in [5.74, 6) is -0.911. The number of rotatable bonds is 4. The molecule has 0 amide bonds. The minimum absolute atomic E-state index is 0.0605. The van der Waals surface area contributed by atoms with Crippen LogP contribution in [0.15, 0.2) is 71.2 Å². The molecule has 10 heteroatoms. The van der Waals surface area contributed by atoms with E-state index in [1.165, 1.54) is 7.05 Å². The Morgan fingerprint density at radius 2 is 1.33 bits per heavy atom.